The van der Waals surface area contributed by atoms with Crippen molar-refractivity contribution in [3.63, 3.8) is 0 Å². The number of hydrogen-bond donors (Lipinski definition) is 1. The standard InChI is InChI=1S/C15H21Br2NO/c1-3-5-11-8-14(11)18-9-10-6-12(16)15(19-4-2)13(17)7-10/h6-7,11,14,18H,3-5,8-9H2,1-2H3. The van der Waals surface area contributed by atoms with Crippen LogP contribution in [-0.2, 0) is 6.54 Å². The van der Waals surface area contributed by atoms with Gasteiger partial charge in [-0.2, -0.15) is 0 Å². The van der Waals surface area contributed by atoms with Gasteiger partial charge in [-0.1, -0.05) is 13.3 Å². The molecular formula is C15H21Br2NO. The Bertz CT molecular complexity index is 413. The second-order valence-electron chi connectivity index (χ2n) is 5.09. The Hall–Kier alpha value is -0.0600. The van der Waals surface area contributed by atoms with E-state index in [1.807, 2.05) is 6.92 Å². The average molecular weight is 391 g/mol. The van der Waals surface area contributed by atoms with Gasteiger partial charge in [0.05, 0.1) is 15.6 Å². The number of hydrogen-bond acceptors (Lipinski definition) is 2. The van der Waals surface area contributed by atoms with Crippen molar-refractivity contribution in [2.75, 3.05) is 6.61 Å². The van der Waals surface area contributed by atoms with Crippen LogP contribution in [0.25, 0.3) is 0 Å². The number of nitrogens with one attached hydrogen (secondary N) is 1. The number of halogens is 2. The van der Waals surface area contributed by atoms with E-state index in [1.165, 1.54) is 24.8 Å². The smallest absolute Gasteiger partial charge is 0.147 e. The van der Waals surface area contributed by atoms with Crippen LogP contribution in [-0.4, -0.2) is 12.6 Å². The molecule has 2 nitrogen and oxygen atoms in total. The molecule has 0 bridgehead atoms. The van der Waals surface area contributed by atoms with Crippen molar-refractivity contribution >= 4 is 31.9 Å². The van der Waals surface area contributed by atoms with Gasteiger partial charge in [-0.15, -0.1) is 0 Å². The van der Waals surface area contributed by atoms with Gasteiger partial charge in [0.25, 0.3) is 0 Å². The summed E-state index contributed by atoms with van der Waals surface area (Å²) >= 11 is 7.15. The second-order valence-corrected chi connectivity index (χ2v) is 6.80. The molecule has 1 aromatic rings. The van der Waals surface area contributed by atoms with E-state index in [4.69, 9.17) is 4.74 Å². The fourth-order valence-electron chi connectivity index (χ4n) is 2.43. The molecule has 19 heavy (non-hydrogen) atoms. The van der Waals surface area contributed by atoms with Crippen LogP contribution >= 0.6 is 31.9 Å². The van der Waals surface area contributed by atoms with Gasteiger partial charge in [-0.25, -0.2) is 0 Å². The first-order valence-electron chi connectivity index (χ1n) is 6.99. The summed E-state index contributed by atoms with van der Waals surface area (Å²) in [4.78, 5) is 0. The van der Waals surface area contributed by atoms with Crippen molar-refractivity contribution in [3.05, 3.63) is 26.6 Å². The highest BCUT2D eigenvalue weighted by molar-refractivity contribution is 9.11. The maximum absolute atomic E-state index is 5.60. The molecule has 0 spiro atoms. The first-order valence-corrected chi connectivity index (χ1v) is 8.58. The number of rotatable bonds is 7. The molecule has 106 valence electrons. The molecule has 2 rings (SSSR count). The summed E-state index contributed by atoms with van der Waals surface area (Å²) in [5.74, 6) is 1.79. The summed E-state index contributed by atoms with van der Waals surface area (Å²) in [5.41, 5.74) is 1.28. The second kappa shape index (κ2) is 7.09. The zero-order valence-corrected chi connectivity index (χ0v) is 14.7. The first kappa shape index (κ1) is 15.3. The first-order chi connectivity index (χ1) is 9.15. The minimum absolute atomic E-state index is 0.676. The van der Waals surface area contributed by atoms with Crippen LogP contribution in [0.15, 0.2) is 21.1 Å². The van der Waals surface area contributed by atoms with Crippen molar-refractivity contribution in [2.24, 2.45) is 5.92 Å². The molecule has 0 saturated heterocycles. The average Bonchev–Trinajstić information content (AvgIpc) is 3.10. The molecule has 2 unspecified atom stereocenters. The van der Waals surface area contributed by atoms with Gasteiger partial charge in [0.1, 0.15) is 5.75 Å². The SMILES string of the molecule is CCCC1CC1NCc1cc(Br)c(OCC)c(Br)c1. The van der Waals surface area contributed by atoms with E-state index in [-0.39, 0.29) is 0 Å². The molecule has 2 atom stereocenters. The van der Waals surface area contributed by atoms with E-state index in [9.17, 15) is 0 Å². The van der Waals surface area contributed by atoms with E-state index in [1.54, 1.807) is 0 Å². The zero-order valence-electron chi connectivity index (χ0n) is 11.5. The van der Waals surface area contributed by atoms with Gasteiger partial charge in [0, 0.05) is 12.6 Å². The quantitative estimate of drug-likeness (QED) is 0.715. The molecular weight excluding hydrogens is 370 g/mol. The molecule has 1 aliphatic carbocycles. The third kappa shape index (κ3) is 4.20. The Kier molecular flexibility index (Phi) is 5.72. The van der Waals surface area contributed by atoms with Gasteiger partial charge in [-0.05, 0) is 75.2 Å². The predicted molar refractivity (Wildman–Crippen MR) is 86.7 cm³/mol. The highest BCUT2D eigenvalue weighted by Crippen LogP contribution is 2.36. The third-order valence-corrected chi connectivity index (χ3v) is 4.68. The van der Waals surface area contributed by atoms with Crippen LogP contribution in [0.4, 0.5) is 0 Å². The summed E-state index contributed by atoms with van der Waals surface area (Å²) in [7, 11) is 0. The molecule has 1 fully saturated rings. The predicted octanol–water partition coefficient (Wildman–Crippen LogP) is 4.89. The highest BCUT2D eigenvalue weighted by Gasteiger charge is 2.35. The normalized spacial score (nSPS) is 21.5. The Morgan fingerprint density at radius 1 is 1.26 bits per heavy atom. The number of benzene rings is 1. The van der Waals surface area contributed by atoms with E-state index in [2.05, 4.69) is 56.2 Å². The lowest BCUT2D eigenvalue weighted by Crippen LogP contribution is -2.17. The van der Waals surface area contributed by atoms with Crippen LogP contribution < -0.4 is 10.1 Å². The van der Waals surface area contributed by atoms with Crippen LogP contribution in [0.2, 0.25) is 0 Å². The van der Waals surface area contributed by atoms with E-state index in [0.717, 1.165) is 33.2 Å². The maximum Gasteiger partial charge on any atom is 0.147 e. The molecule has 0 amide bonds. The van der Waals surface area contributed by atoms with Crippen molar-refractivity contribution in [1.29, 1.82) is 0 Å². The van der Waals surface area contributed by atoms with Crippen LogP contribution in [0.3, 0.4) is 0 Å². The monoisotopic (exact) mass is 389 g/mol. The maximum atomic E-state index is 5.60. The Morgan fingerprint density at radius 3 is 2.53 bits per heavy atom. The zero-order chi connectivity index (χ0) is 13.8. The largest absolute Gasteiger partial charge is 0.492 e. The Balaban J connectivity index is 1.91. The van der Waals surface area contributed by atoms with E-state index in [0.29, 0.717) is 6.61 Å². The molecule has 0 heterocycles. The fraction of sp³-hybridized carbons (Fsp3) is 0.600. The van der Waals surface area contributed by atoms with E-state index >= 15 is 0 Å². The molecule has 0 radical (unpaired) electrons. The lowest BCUT2D eigenvalue weighted by molar-refractivity contribution is 0.336. The summed E-state index contributed by atoms with van der Waals surface area (Å²) in [5, 5.41) is 3.63. The van der Waals surface area contributed by atoms with Crippen molar-refractivity contribution < 1.29 is 4.74 Å². The summed E-state index contributed by atoms with van der Waals surface area (Å²) in [6.07, 6.45) is 3.99. The third-order valence-electron chi connectivity index (χ3n) is 3.50. The highest BCUT2D eigenvalue weighted by atomic mass is 79.9. The fourth-order valence-corrected chi connectivity index (χ4v) is 3.94. The Labute approximate surface area is 132 Å². The topological polar surface area (TPSA) is 21.3 Å². The molecule has 1 aliphatic rings. The molecule has 4 heteroatoms. The van der Waals surface area contributed by atoms with Crippen LogP contribution in [0.1, 0.15) is 38.7 Å². The molecule has 0 aliphatic heterocycles. The van der Waals surface area contributed by atoms with Gasteiger partial charge >= 0.3 is 0 Å². The lowest BCUT2D eigenvalue weighted by atomic mass is 10.2. The summed E-state index contributed by atoms with van der Waals surface area (Å²) < 4.78 is 7.63. The molecule has 1 saturated carbocycles. The van der Waals surface area contributed by atoms with Crippen molar-refractivity contribution in [3.8, 4) is 5.75 Å². The van der Waals surface area contributed by atoms with Gasteiger partial charge in [0.2, 0.25) is 0 Å². The molecule has 0 aromatic heterocycles. The summed E-state index contributed by atoms with van der Waals surface area (Å²) in [6, 6.07) is 5.00. The van der Waals surface area contributed by atoms with Gasteiger partial charge < -0.3 is 10.1 Å². The van der Waals surface area contributed by atoms with Gasteiger partial charge in [-0.3, -0.25) is 0 Å². The Morgan fingerprint density at radius 2 is 1.95 bits per heavy atom. The van der Waals surface area contributed by atoms with Gasteiger partial charge in [0.15, 0.2) is 0 Å². The van der Waals surface area contributed by atoms with Crippen molar-refractivity contribution in [2.45, 2.75) is 45.7 Å². The van der Waals surface area contributed by atoms with Crippen LogP contribution in [0.5, 0.6) is 5.75 Å². The molecule has 1 N–H and O–H groups in total. The number of ether oxygens (including phenoxy) is 1. The molecule has 1 aromatic carbocycles. The minimum Gasteiger partial charge on any atom is -0.492 e. The summed E-state index contributed by atoms with van der Waals surface area (Å²) in [6.45, 7) is 5.86. The minimum atomic E-state index is 0.676. The van der Waals surface area contributed by atoms with Crippen LogP contribution in [0, 0.1) is 5.92 Å². The van der Waals surface area contributed by atoms with E-state index < -0.39 is 0 Å². The van der Waals surface area contributed by atoms with Crippen molar-refractivity contribution in [1.82, 2.24) is 5.32 Å². The lowest BCUT2D eigenvalue weighted by Gasteiger charge is -2.11.